The molecule has 1 aromatic rings. The Morgan fingerprint density at radius 1 is 1.35 bits per heavy atom. The number of nitrogens with one attached hydrogen (secondary N) is 1. The number of nitrogens with zero attached hydrogens (tertiary/aromatic N) is 1. The fraction of sp³-hybridized carbons (Fsp3) is 0.429. The molecule has 0 saturated carbocycles. The lowest BCUT2D eigenvalue weighted by Gasteiger charge is -2.23. The maximum absolute atomic E-state index is 12.1. The summed E-state index contributed by atoms with van der Waals surface area (Å²) < 4.78 is 22.8. The lowest BCUT2D eigenvalue weighted by Crippen LogP contribution is -2.44. The Morgan fingerprint density at radius 3 is 2.61 bits per heavy atom. The lowest BCUT2D eigenvalue weighted by atomic mass is 10.2. The molecule has 9 heteroatoms. The van der Waals surface area contributed by atoms with E-state index in [1.165, 1.54) is 11.8 Å². The van der Waals surface area contributed by atoms with E-state index < -0.39 is 21.8 Å². The van der Waals surface area contributed by atoms with Crippen molar-refractivity contribution in [2.75, 3.05) is 23.0 Å². The normalized spacial score (nSPS) is 19.3. The van der Waals surface area contributed by atoms with E-state index in [9.17, 15) is 18.0 Å². The van der Waals surface area contributed by atoms with Gasteiger partial charge in [0.25, 0.3) is 0 Å². The highest BCUT2D eigenvalue weighted by Gasteiger charge is 2.29. The van der Waals surface area contributed by atoms with Crippen LogP contribution in [0.1, 0.15) is 13.3 Å². The van der Waals surface area contributed by atoms with Crippen molar-refractivity contribution in [3.05, 3.63) is 28.2 Å². The molecule has 1 fully saturated rings. The molecule has 1 saturated heterocycles. The summed E-state index contributed by atoms with van der Waals surface area (Å²) in [7, 11) is -3.08. The molecule has 1 atom stereocenters. The maximum atomic E-state index is 12.1. The first-order valence-electron chi connectivity index (χ1n) is 6.91. The number of carbonyl (C=O) groups excluding carboxylic acids is 2. The third-order valence-electron chi connectivity index (χ3n) is 3.50. The van der Waals surface area contributed by atoms with Crippen LogP contribution in [0.25, 0.3) is 0 Å². The Kier molecular flexibility index (Phi) is 5.54. The average Bonchev–Trinajstić information content (AvgIpc) is 2.78. The van der Waals surface area contributed by atoms with Crippen LogP contribution in [0.4, 0.5) is 5.69 Å². The van der Waals surface area contributed by atoms with Crippen molar-refractivity contribution in [2.24, 2.45) is 0 Å². The number of hydrogen-bond donors (Lipinski definition) is 1. The summed E-state index contributed by atoms with van der Waals surface area (Å²) in [6.07, 6.45) is 0.381. The zero-order valence-electron chi connectivity index (χ0n) is 12.4. The van der Waals surface area contributed by atoms with Gasteiger partial charge in [0.05, 0.1) is 27.2 Å². The number of carbonyl (C=O) groups is 2. The Balaban J connectivity index is 2.09. The molecule has 2 amide bonds. The zero-order valence-corrected chi connectivity index (χ0v) is 14.7. The van der Waals surface area contributed by atoms with Gasteiger partial charge in [0.15, 0.2) is 9.84 Å². The molecule has 6 nitrogen and oxygen atoms in total. The van der Waals surface area contributed by atoms with Crippen molar-refractivity contribution >= 4 is 50.5 Å². The van der Waals surface area contributed by atoms with Gasteiger partial charge in [-0.15, -0.1) is 0 Å². The Morgan fingerprint density at radius 2 is 2.04 bits per heavy atom. The smallest absolute Gasteiger partial charge is 0.240 e. The summed E-state index contributed by atoms with van der Waals surface area (Å²) in [5.74, 6) is -0.827. The molecule has 126 valence electrons. The fourth-order valence-electron chi connectivity index (χ4n) is 2.39. The van der Waals surface area contributed by atoms with Gasteiger partial charge in [-0.2, -0.15) is 0 Å². The van der Waals surface area contributed by atoms with Gasteiger partial charge in [0, 0.05) is 13.0 Å². The van der Waals surface area contributed by atoms with Gasteiger partial charge < -0.3 is 10.2 Å². The molecule has 23 heavy (non-hydrogen) atoms. The summed E-state index contributed by atoms with van der Waals surface area (Å²) in [5.41, 5.74) is 0.334. The van der Waals surface area contributed by atoms with Crippen molar-refractivity contribution in [1.82, 2.24) is 5.32 Å². The Bertz CT molecular complexity index is 736. The van der Waals surface area contributed by atoms with Gasteiger partial charge in [0.2, 0.25) is 11.8 Å². The van der Waals surface area contributed by atoms with Gasteiger partial charge in [-0.1, -0.05) is 29.3 Å². The van der Waals surface area contributed by atoms with Crippen LogP contribution in [0.15, 0.2) is 18.2 Å². The summed E-state index contributed by atoms with van der Waals surface area (Å²) in [5, 5.41) is 3.09. The summed E-state index contributed by atoms with van der Waals surface area (Å²) in [4.78, 5) is 25.2. The summed E-state index contributed by atoms with van der Waals surface area (Å²) in [6, 6.07) is 4.37. The number of amides is 2. The second-order valence-corrected chi connectivity index (χ2v) is 8.36. The lowest BCUT2D eigenvalue weighted by molar-refractivity contribution is -0.123. The standard InChI is InChI=1S/C14H16Cl2N2O4S/c1-9(19)18(12-4-2-3-11(15)14(12)16)7-13(20)17-10-5-6-23(21,22)8-10/h2-4,10H,5-8H2,1H3,(H,17,20). The van der Waals surface area contributed by atoms with Gasteiger partial charge in [-0.3, -0.25) is 9.59 Å². The zero-order chi connectivity index (χ0) is 17.2. The van der Waals surface area contributed by atoms with Crippen LogP contribution in [0.2, 0.25) is 10.0 Å². The van der Waals surface area contributed by atoms with Crippen LogP contribution in [0.3, 0.4) is 0 Å². The number of sulfone groups is 1. The van der Waals surface area contributed by atoms with Crippen LogP contribution in [-0.4, -0.2) is 44.3 Å². The van der Waals surface area contributed by atoms with Crippen molar-refractivity contribution in [2.45, 2.75) is 19.4 Å². The number of halogens is 2. The maximum Gasteiger partial charge on any atom is 0.240 e. The Hall–Kier alpha value is -1.31. The first-order valence-corrected chi connectivity index (χ1v) is 9.49. The van der Waals surface area contributed by atoms with Crippen molar-refractivity contribution in [3.8, 4) is 0 Å². The van der Waals surface area contributed by atoms with E-state index in [-0.39, 0.29) is 34.0 Å². The SMILES string of the molecule is CC(=O)N(CC(=O)NC1CCS(=O)(=O)C1)c1cccc(Cl)c1Cl. The molecule has 0 radical (unpaired) electrons. The van der Waals surface area contributed by atoms with Crippen molar-refractivity contribution < 1.29 is 18.0 Å². The minimum Gasteiger partial charge on any atom is -0.351 e. The number of hydrogen-bond acceptors (Lipinski definition) is 4. The molecule has 0 spiro atoms. The van der Waals surface area contributed by atoms with Crippen LogP contribution in [0, 0.1) is 0 Å². The van der Waals surface area contributed by atoms with Crippen molar-refractivity contribution in [1.29, 1.82) is 0 Å². The topological polar surface area (TPSA) is 83.6 Å². The van der Waals surface area contributed by atoms with Gasteiger partial charge in [-0.05, 0) is 18.6 Å². The van der Waals surface area contributed by atoms with Gasteiger partial charge in [0.1, 0.15) is 6.54 Å². The number of anilines is 1. The molecule has 0 bridgehead atoms. The van der Waals surface area contributed by atoms with E-state index in [0.29, 0.717) is 12.1 Å². The Labute approximate surface area is 144 Å². The summed E-state index contributed by atoms with van der Waals surface area (Å²) >= 11 is 12.0. The van der Waals surface area contributed by atoms with E-state index in [4.69, 9.17) is 23.2 Å². The van der Waals surface area contributed by atoms with E-state index in [0.717, 1.165) is 0 Å². The van der Waals surface area contributed by atoms with Crippen LogP contribution in [-0.2, 0) is 19.4 Å². The molecule has 1 aliphatic rings. The van der Waals surface area contributed by atoms with E-state index >= 15 is 0 Å². The predicted molar refractivity (Wildman–Crippen MR) is 89.7 cm³/mol. The number of rotatable bonds is 4. The molecule has 0 aromatic heterocycles. The van der Waals surface area contributed by atoms with Crippen LogP contribution in [0.5, 0.6) is 0 Å². The second-order valence-electron chi connectivity index (χ2n) is 5.35. The minimum atomic E-state index is -3.08. The largest absolute Gasteiger partial charge is 0.351 e. The highest BCUT2D eigenvalue weighted by molar-refractivity contribution is 7.91. The fourth-order valence-corrected chi connectivity index (χ4v) is 4.46. The van der Waals surface area contributed by atoms with Crippen molar-refractivity contribution in [3.63, 3.8) is 0 Å². The highest BCUT2D eigenvalue weighted by atomic mass is 35.5. The molecule has 1 heterocycles. The monoisotopic (exact) mass is 378 g/mol. The second kappa shape index (κ2) is 7.07. The highest BCUT2D eigenvalue weighted by Crippen LogP contribution is 2.32. The van der Waals surface area contributed by atoms with Crippen LogP contribution < -0.4 is 10.2 Å². The van der Waals surface area contributed by atoms with Gasteiger partial charge in [-0.25, -0.2) is 8.42 Å². The molecule has 1 aromatic carbocycles. The van der Waals surface area contributed by atoms with Gasteiger partial charge >= 0.3 is 0 Å². The predicted octanol–water partition coefficient (Wildman–Crippen LogP) is 1.65. The third kappa shape index (κ3) is 4.59. The van der Waals surface area contributed by atoms with E-state index in [1.54, 1.807) is 18.2 Å². The molecule has 0 aliphatic carbocycles. The quantitative estimate of drug-likeness (QED) is 0.862. The summed E-state index contributed by atoms with van der Waals surface area (Å²) in [6.45, 7) is 1.05. The minimum absolute atomic E-state index is 0.0640. The van der Waals surface area contributed by atoms with Crippen LogP contribution >= 0.6 is 23.2 Å². The first kappa shape index (κ1) is 18.0. The average molecular weight is 379 g/mol. The third-order valence-corrected chi connectivity index (χ3v) is 6.08. The molecular formula is C14H16Cl2N2O4S. The number of benzene rings is 1. The molecular weight excluding hydrogens is 363 g/mol. The molecule has 1 unspecified atom stereocenters. The van der Waals surface area contributed by atoms with E-state index in [2.05, 4.69) is 5.32 Å². The molecule has 1 aliphatic heterocycles. The molecule has 2 rings (SSSR count). The van der Waals surface area contributed by atoms with E-state index in [1.807, 2.05) is 0 Å². The molecule has 1 N–H and O–H groups in total. The first-order chi connectivity index (χ1) is 10.7.